The van der Waals surface area contributed by atoms with E-state index in [1.54, 1.807) is 42.5 Å². The van der Waals surface area contributed by atoms with Crippen LogP contribution in [0.1, 0.15) is 20.7 Å². The maximum Gasteiger partial charge on any atom is 0.337 e. The van der Waals surface area contributed by atoms with E-state index in [9.17, 15) is 49.6 Å². The van der Waals surface area contributed by atoms with Crippen LogP contribution in [0, 0.1) is 0 Å². The Morgan fingerprint density at radius 3 is 1.29 bits per heavy atom. The number of aromatic carboxylic acids is 2. The van der Waals surface area contributed by atoms with Gasteiger partial charge in [-0.15, -0.1) is 0 Å². The zero-order valence-corrected chi connectivity index (χ0v) is 32.2. The number of rotatable bonds is 5. The van der Waals surface area contributed by atoms with Crippen molar-refractivity contribution in [1.29, 1.82) is 0 Å². The van der Waals surface area contributed by atoms with Crippen molar-refractivity contribution in [2.24, 2.45) is 0 Å². The van der Waals surface area contributed by atoms with E-state index in [-0.39, 0.29) is 27.9 Å². The predicted molar refractivity (Wildman–Crippen MR) is 218 cm³/mol. The van der Waals surface area contributed by atoms with Crippen molar-refractivity contribution in [1.82, 2.24) is 0 Å². The number of hydrogen-bond acceptors (Lipinski definition) is 17. The summed E-state index contributed by atoms with van der Waals surface area (Å²) in [5.41, 5.74) is 37.9. The fourth-order valence-electron chi connectivity index (χ4n) is 4.98. The first-order valence-corrected chi connectivity index (χ1v) is 19.9. The second-order valence-corrected chi connectivity index (χ2v) is 15.9. The quantitative estimate of drug-likeness (QED) is 0.0672. The summed E-state index contributed by atoms with van der Waals surface area (Å²) in [6.07, 6.45) is 0. The monoisotopic (exact) mass is 877 g/mol. The fraction of sp³-hybridized carbons (Fsp3) is 0. The lowest BCUT2D eigenvalue weighted by Gasteiger charge is -2.14. The molecule has 0 saturated heterocycles. The molecular formula is C34H35N7O15S3. The fourth-order valence-corrected chi connectivity index (χ4v) is 6.98. The van der Waals surface area contributed by atoms with Crippen LogP contribution in [0.15, 0.2) is 99.6 Å². The van der Waals surface area contributed by atoms with Gasteiger partial charge in [0.25, 0.3) is 30.4 Å². The Morgan fingerprint density at radius 1 is 0.458 bits per heavy atom. The number of nitrogens with two attached hydrogens (primary N) is 7. The molecule has 6 aromatic rings. The van der Waals surface area contributed by atoms with E-state index in [0.29, 0.717) is 33.9 Å². The number of benzene rings is 6. The lowest BCUT2D eigenvalue weighted by molar-refractivity contribution is 0.0687. The second kappa shape index (κ2) is 17.5. The number of anilines is 7. The minimum absolute atomic E-state index is 0.155. The first-order valence-electron chi connectivity index (χ1n) is 15.6. The van der Waals surface area contributed by atoms with E-state index in [1.165, 1.54) is 30.3 Å². The molecule has 25 heteroatoms. The average molecular weight is 878 g/mol. The maximum absolute atomic E-state index is 11.4. The SMILES string of the molecule is Nc1cc(S(=O)(=O)O)c2cc(S(=O)(=O)O)c(N)c(O)c2c1N.Nc1ccc2cc(S(=O)(=O)O)c(N)c(O)c2c1.Nc1ccccc1C(=O)O.Nc1ccccc1C(=O)O. The summed E-state index contributed by atoms with van der Waals surface area (Å²) in [5, 5.41) is 36.6. The molecule has 0 saturated carbocycles. The van der Waals surface area contributed by atoms with E-state index in [1.807, 2.05) is 0 Å². The summed E-state index contributed by atoms with van der Waals surface area (Å²) in [6.45, 7) is 0. The van der Waals surface area contributed by atoms with Crippen LogP contribution < -0.4 is 40.1 Å². The lowest BCUT2D eigenvalue weighted by atomic mass is 10.1. The van der Waals surface area contributed by atoms with Gasteiger partial charge in [-0.2, -0.15) is 25.3 Å². The van der Waals surface area contributed by atoms with Crippen LogP contribution in [0.3, 0.4) is 0 Å². The molecule has 0 unspecified atom stereocenters. The van der Waals surface area contributed by atoms with Gasteiger partial charge in [-0.1, -0.05) is 30.3 Å². The molecule has 0 atom stereocenters. The predicted octanol–water partition coefficient (Wildman–Crippen LogP) is 2.68. The van der Waals surface area contributed by atoms with Crippen molar-refractivity contribution in [3.63, 3.8) is 0 Å². The highest BCUT2D eigenvalue weighted by Gasteiger charge is 2.26. The Balaban J connectivity index is 0.000000222. The third-order valence-corrected chi connectivity index (χ3v) is 10.5. The maximum atomic E-state index is 11.4. The first-order chi connectivity index (χ1) is 27.1. The van der Waals surface area contributed by atoms with Crippen molar-refractivity contribution in [2.45, 2.75) is 14.7 Å². The second-order valence-electron chi connectivity index (χ2n) is 11.8. The number of carboxylic acids is 2. The van der Waals surface area contributed by atoms with Crippen molar-refractivity contribution < 1.29 is 68.9 Å². The van der Waals surface area contributed by atoms with Crippen molar-refractivity contribution in [2.75, 3.05) is 40.1 Å². The number of para-hydroxylation sites is 2. The minimum Gasteiger partial charge on any atom is -0.505 e. The Labute approximate surface area is 333 Å². The molecule has 59 heavy (non-hydrogen) atoms. The smallest absolute Gasteiger partial charge is 0.337 e. The number of nitrogen functional groups attached to an aromatic ring is 7. The molecule has 0 amide bonds. The van der Waals surface area contributed by atoms with Crippen LogP contribution in [0.2, 0.25) is 0 Å². The Bertz CT molecular complexity index is 2930. The first kappa shape index (κ1) is 46.1. The molecule has 0 spiro atoms. The summed E-state index contributed by atoms with van der Waals surface area (Å²) in [7, 11) is -14.2. The number of aromatic hydroxyl groups is 2. The minimum atomic E-state index is -4.87. The Morgan fingerprint density at radius 2 is 0.881 bits per heavy atom. The molecule has 314 valence electrons. The molecule has 0 bridgehead atoms. The normalized spacial score (nSPS) is 11.2. The van der Waals surface area contributed by atoms with Gasteiger partial charge in [0.2, 0.25) is 0 Å². The number of carboxylic acid groups (broad SMARTS) is 2. The number of phenolic OH excluding ortho intramolecular Hbond substituents is 2. The van der Waals surface area contributed by atoms with Gasteiger partial charge >= 0.3 is 11.9 Å². The van der Waals surface area contributed by atoms with Crippen LogP contribution in [-0.4, -0.2) is 71.3 Å². The molecule has 22 nitrogen and oxygen atoms in total. The van der Waals surface area contributed by atoms with Gasteiger partial charge < -0.3 is 60.6 Å². The van der Waals surface area contributed by atoms with Gasteiger partial charge in [-0.3, -0.25) is 13.7 Å². The Kier molecular flexibility index (Phi) is 13.6. The van der Waals surface area contributed by atoms with Gasteiger partial charge in [-0.05, 0) is 60.0 Å². The molecule has 6 aromatic carbocycles. The number of phenols is 2. The van der Waals surface area contributed by atoms with Crippen LogP contribution in [0.5, 0.6) is 11.5 Å². The van der Waals surface area contributed by atoms with E-state index < -0.39 is 85.2 Å². The van der Waals surface area contributed by atoms with Gasteiger partial charge in [0.15, 0.2) is 0 Å². The topological polar surface area (TPSA) is 460 Å². The van der Waals surface area contributed by atoms with E-state index in [4.69, 9.17) is 59.5 Å². The van der Waals surface area contributed by atoms with Gasteiger partial charge in [-0.25, -0.2) is 9.59 Å². The third kappa shape index (κ3) is 10.8. The molecule has 0 aliphatic heterocycles. The van der Waals surface area contributed by atoms with Crippen molar-refractivity contribution in [3.05, 3.63) is 96.1 Å². The molecule has 0 radical (unpaired) electrons. The standard InChI is InChI=1S/C10H11N3O7S2.C10H10N2O4S.2C7H7NO2/c11-4-2-5(21(15,16)17)3-1-6(22(18,19)20)9(13)10(14)7(3)8(4)12;11-6-2-1-5-3-8(17(14,15)16)9(12)10(13)7(5)4-6;2*8-6-4-2-1-3-5(6)7(9)10/h1-2,14H,11-13H2,(H,15,16,17)(H,18,19,20);1-4,13H,11-12H2,(H,14,15,16);2*1-4H,8H2,(H,9,10). The number of fused-ring (bicyclic) bond motifs is 2. The number of hydrogen-bond donors (Lipinski definition) is 14. The van der Waals surface area contributed by atoms with E-state index in [0.717, 1.165) is 6.07 Å². The molecule has 0 aromatic heterocycles. The van der Waals surface area contributed by atoms with Crippen LogP contribution in [0.4, 0.5) is 39.8 Å². The average Bonchev–Trinajstić information content (AvgIpc) is 3.12. The molecule has 0 fully saturated rings. The van der Waals surface area contributed by atoms with Crippen molar-refractivity contribution in [3.8, 4) is 11.5 Å². The van der Waals surface area contributed by atoms with Crippen LogP contribution in [-0.2, 0) is 30.4 Å². The summed E-state index contributed by atoms with van der Waals surface area (Å²) >= 11 is 0. The van der Waals surface area contributed by atoms with Crippen LogP contribution >= 0.6 is 0 Å². The largest absolute Gasteiger partial charge is 0.505 e. The zero-order chi connectivity index (χ0) is 44.9. The molecular weight excluding hydrogens is 843 g/mol. The molecule has 0 heterocycles. The number of carbonyl (C=O) groups is 2. The lowest BCUT2D eigenvalue weighted by Crippen LogP contribution is -2.08. The molecule has 21 N–H and O–H groups in total. The summed E-state index contributed by atoms with van der Waals surface area (Å²) < 4.78 is 94.7. The molecule has 6 rings (SSSR count). The highest BCUT2D eigenvalue weighted by Crippen LogP contribution is 2.44. The third-order valence-electron chi connectivity index (χ3n) is 7.79. The van der Waals surface area contributed by atoms with E-state index >= 15 is 0 Å². The van der Waals surface area contributed by atoms with E-state index in [2.05, 4.69) is 0 Å². The van der Waals surface area contributed by atoms with Gasteiger partial charge in [0, 0.05) is 27.8 Å². The van der Waals surface area contributed by atoms with Crippen molar-refractivity contribution >= 4 is 104 Å². The molecule has 0 aliphatic rings. The van der Waals surface area contributed by atoms with Gasteiger partial charge in [0.05, 0.1) is 39.3 Å². The summed E-state index contributed by atoms with van der Waals surface area (Å²) in [6, 6.07) is 19.9. The highest BCUT2D eigenvalue weighted by molar-refractivity contribution is 7.86. The zero-order valence-electron chi connectivity index (χ0n) is 29.7. The van der Waals surface area contributed by atoms with Gasteiger partial charge in [0.1, 0.15) is 26.2 Å². The summed E-state index contributed by atoms with van der Waals surface area (Å²) in [4.78, 5) is 18.4. The molecule has 0 aliphatic carbocycles. The van der Waals surface area contributed by atoms with Crippen LogP contribution in [0.25, 0.3) is 21.5 Å². The highest BCUT2D eigenvalue weighted by atomic mass is 32.2. The summed E-state index contributed by atoms with van der Waals surface area (Å²) in [5.74, 6) is -3.28. The Hall–Kier alpha value is -7.29.